The van der Waals surface area contributed by atoms with Crippen LogP contribution in [0.4, 0.5) is 4.39 Å². The maximum absolute atomic E-state index is 12.2. The Morgan fingerprint density at radius 1 is 0.852 bits per heavy atom. The molecule has 1 atom stereocenters. The normalized spacial score (nSPS) is 18.4. The SMILES string of the molecule is CC(OCc1ccccc1)C1CCCC1.FCc1ccc(C2CCC2)cc1. The van der Waals surface area contributed by atoms with Gasteiger partial charge in [0.25, 0.3) is 0 Å². The minimum Gasteiger partial charge on any atom is -0.374 e. The van der Waals surface area contributed by atoms with Crippen LogP contribution in [-0.4, -0.2) is 6.10 Å². The molecule has 0 N–H and O–H groups in total. The van der Waals surface area contributed by atoms with Crippen LogP contribution >= 0.6 is 0 Å². The summed E-state index contributed by atoms with van der Waals surface area (Å²) in [5.41, 5.74) is 3.46. The molecule has 0 amide bonds. The number of hydrogen-bond acceptors (Lipinski definition) is 1. The molecule has 27 heavy (non-hydrogen) atoms. The zero-order chi connectivity index (χ0) is 18.9. The van der Waals surface area contributed by atoms with Crippen LogP contribution < -0.4 is 0 Å². The Bertz CT molecular complexity index is 642. The third kappa shape index (κ3) is 6.17. The summed E-state index contributed by atoms with van der Waals surface area (Å²) in [6.45, 7) is 2.64. The van der Waals surface area contributed by atoms with Gasteiger partial charge in [0.05, 0.1) is 12.7 Å². The Labute approximate surface area is 164 Å². The highest BCUT2D eigenvalue weighted by molar-refractivity contribution is 5.26. The van der Waals surface area contributed by atoms with Gasteiger partial charge in [0.15, 0.2) is 0 Å². The summed E-state index contributed by atoms with van der Waals surface area (Å²) in [6.07, 6.45) is 9.91. The largest absolute Gasteiger partial charge is 0.374 e. The number of benzene rings is 2. The topological polar surface area (TPSA) is 9.23 Å². The fourth-order valence-electron chi connectivity index (χ4n) is 3.99. The Morgan fingerprint density at radius 2 is 1.52 bits per heavy atom. The van der Waals surface area contributed by atoms with Gasteiger partial charge in [0, 0.05) is 0 Å². The van der Waals surface area contributed by atoms with Crippen molar-refractivity contribution < 1.29 is 9.13 Å². The molecule has 146 valence electrons. The summed E-state index contributed by atoms with van der Waals surface area (Å²) >= 11 is 0. The van der Waals surface area contributed by atoms with E-state index in [1.54, 1.807) is 0 Å². The van der Waals surface area contributed by atoms with E-state index in [4.69, 9.17) is 4.74 Å². The highest BCUT2D eigenvalue weighted by Crippen LogP contribution is 2.36. The van der Waals surface area contributed by atoms with Crippen LogP contribution in [0.15, 0.2) is 54.6 Å². The fourth-order valence-corrected chi connectivity index (χ4v) is 3.99. The second-order valence-corrected chi connectivity index (χ2v) is 8.05. The van der Waals surface area contributed by atoms with Crippen molar-refractivity contribution in [1.82, 2.24) is 0 Å². The molecule has 4 rings (SSSR count). The smallest absolute Gasteiger partial charge is 0.115 e. The van der Waals surface area contributed by atoms with E-state index < -0.39 is 0 Å². The van der Waals surface area contributed by atoms with Crippen molar-refractivity contribution in [2.75, 3.05) is 0 Å². The first kappa shape index (κ1) is 20.1. The lowest BCUT2D eigenvalue weighted by molar-refractivity contribution is 0.0152. The molecular formula is C25H33FO. The third-order valence-electron chi connectivity index (χ3n) is 6.13. The summed E-state index contributed by atoms with van der Waals surface area (Å²) in [7, 11) is 0. The molecule has 2 aromatic rings. The molecule has 0 bridgehead atoms. The molecule has 0 saturated heterocycles. The van der Waals surface area contributed by atoms with E-state index in [2.05, 4.69) is 43.3 Å². The van der Waals surface area contributed by atoms with Gasteiger partial charge in [0.1, 0.15) is 6.67 Å². The zero-order valence-electron chi connectivity index (χ0n) is 16.6. The van der Waals surface area contributed by atoms with Gasteiger partial charge in [-0.15, -0.1) is 0 Å². The third-order valence-corrected chi connectivity index (χ3v) is 6.13. The van der Waals surface area contributed by atoms with Crippen molar-refractivity contribution in [3.8, 4) is 0 Å². The van der Waals surface area contributed by atoms with E-state index >= 15 is 0 Å². The van der Waals surface area contributed by atoms with E-state index in [1.165, 1.54) is 56.1 Å². The second-order valence-electron chi connectivity index (χ2n) is 8.05. The van der Waals surface area contributed by atoms with Gasteiger partial charge in [-0.3, -0.25) is 0 Å². The molecule has 2 fully saturated rings. The lowest BCUT2D eigenvalue weighted by atomic mass is 9.80. The monoisotopic (exact) mass is 368 g/mol. The average molecular weight is 369 g/mol. The van der Waals surface area contributed by atoms with Gasteiger partial charge >= 0.3 is 0 Å². The highest BCUT2D eigenvalue weighted by Gasteiger charge is 2.21. The van der Waals surface area contributed by atoms with Crippen LogP contribution in [-0.2, 0) is 18.0 Å². The molecule has 1 unspecified atom stereocenters. The van der Waals surface area contributed by atoms with E-state index in [-0.39, 0.29) is 6.67 Å². The molecule has 2 heteroatoms. The highest BCUT2D eigenvalue weighted by atomic mass is 19.1. The number of halogens is 1. The number of hydrogen-bond donors (Lipinski definition) is 0. The van der Waals surface area contributed by atoms with Gasteiger partial charge in [-0.25, -0.2) is 4.39 Å². The predicted octanol–water partition coefficient (Wildman–Crippen LogP) is 7.21. The molecule has 1 nitrogen and oxygen atoms in total. The summed E-state index contributed by atoms with van der Waals surface area (Å²) in [6, 6.07) is 18.4. The van der Waals surface area contributed by atoms with E-state index in [0.717, 1.165) is 24.0 Å². The molecule has 0 aromatic heterocycles. The van der Waals surface area contributed by atoms with Crippen molar-refractivity contribution in [2.45, 2.75) is 77.2 Å². The van der Waals surface area contributed by atoms with Gasteiger partial charge in [-0.2, -0.15) is 0 Å². The lowest BCUT2D eigenvalue weighted by Crippen LogP contribution is -2.17. The molecule has 0 radical (unpaired) electrons. The number of ether oxygens (including phenoxy) is 1. The molecule has 0 heterocycles. The quantitative estimate of drug-likeness (QED) is 0.523. The summed E-state index contributed by atoms with van der Waals surface area (Å²) in [5.74, 6) is 1.56. The van der Waals surface area contributed by atoms with Gasteiger partial charge in [-0.05, 0) is 61.1 Å². The van der Waals surface area contributed by atoms with E-state index in [1.807, 2.05) is 18.2 Å². The number of alkyl halides is 1. The molecule has 2 saturated carbocycles. The molecular weight excluding hydrogens is 335 g/mol. The van der Waals surface area contributed by atoms with Crippen molar-refractivity contribution >= 4 is 0 Å². The van der Waals surface area contributed by atoms with Crippen molar-refractivity contribution in [2.24, 2.45) is 5.92 Å². The molecule has 2 aromatic carbocycles. The van der Waals surface area contributed by atoms with Crippen LogP contribution in [0.5, 0.6) is 0 Å². The first-order valence-electron chi connectivity index (χ1n) is 10.6. The summed E-state index contributed by atoms with van der Waals surface area (Å²) in [4.78, 5) is 0. The fraction of sp³-hybridized carbons (Fsp3) is 0.520. The zero-order valence-corrected chi connectivity index (χ0v) is 16.6. The Morgan fingerprint density at radius 3 is 2.07 bits per heavy atom. The first-order chi connectivity index (χ1) is 13.3. The van der Waals surface area contributed by atoms with Gasteiger partial charge in [-0.1, -0.05) is 73.9 Å². The molecule has 0 aliphatic heterocycles. The lowest BCUT2D eigenvalue weighted by Gasteiger charge is -2.25. The van der Waals surface area contributed by atoms with Gasteiger partial charge < -0.3 is 4.74 Å². The van der Waals surface area contributed by atoms with Crippen LogP contribution in [0.2, 0.25) is 0 Å². The minimum atomic E-state index is -0.342. The second kappa shape index (κ2) is 10.6. The maximum Gasteiger partial charge on any atom is 0.115 e. The Balaban J connectivity index is 0.000000159. The molecule has 0 spiro atoms. The van der Waals surface area contributed by atoms with Crippen molar-refractivity contribution in [3.05, 3.63) is 71.3 Å². The van der Waals surface area contributed by atoms with Gasteiger partial charge in [0.2, 0.25) is 0 Å². The predicted molar refractivity (Wildman–Crippen MR) is 110 cm³/mol. The average Bonchev–Trinajstić information content (AvgIpc) is 3.22. The number of rotatable bonds is 6. The maximum atomic E-state index is 12.2. The minimum absolute atomic E-state index is 0.342. The van der Waals surface area contributed by atoms with Crippen LogP contribution in [0.1, 0.15) is 74.5 Å². The molecule has 2 aliphatic rings. The Kier molecular flexibility index (Phi) is 7.89. The van der Waals surface area contributed by atoms with E-state index in [0.29, 0.717) is 6.10 Å². The van der Waals surface area contributed by atoms with Crippen LogP contribution in [0.25, 0.3) is 0 Å². The summed E-state index contributed by atoms with van der Waals surface area (Å²) < 4.78 is 18.1. The van der Waals surface area contributed by atoms with Crippen LogP contribution in [0, 0.1) is 5.92 Å². The molecule has 2 aliphatic carbocycles. The van der Waals surface area contributed by atoms with E-state index in [9.17, 15) is 4.39 Å². The first-order valence-corrected chi connectivity index (χ1v) is 10.6. The standard InChI is InChI=1S/C14H20O.C11H13F/c1-12(14-9-5-6-10-14)15-11-13-7-3-2-4-8-13;12-8-9-4-6-11(7-5-9)10-2-1-3-10/h2-4,7-8,12,14H,5-6,9-11H2,1H3;4-7,10H,1-3,8H2. The van der Waals surface area contributed by atoms with Crippen molar-refractivity contribution in [1.29, 1.82) is 0 Å². The van der Waals surface area contributed by atoms with Crippen LogP contribution in [0.3, 0.4) is 0 Å². The Hall–Kier alpha value is -1.67. The van der Waals surface area contributed by atoms with Crippen molar-refractivity contribution in [3.63, 3.8) is 0 Å². The summed E-state index contributed by atoms with van der Waals surface area (Å²) in [5, 5.41) is 0.